The number of carboxylic acid groups (broad SMARTS) is 1. The first-order valence-corrected chi connectivity index (χ1v) is 6.56. The van der Waals surface area contributed by atoms with Crippen LogP contribution >= 0.6 is 11.8 Å². The summed E-state index contributed by atoms with van der Waals surface area (Å²) < 4.78 is 4.96. The maximum atomic E-state index is 10.9. The van der Waals surface area contributed by atoms with Gasteiger partial charge in [0.15, 0.2) is 0 Å². The second-order valence-corrected chi connectivity index (χ2v) is 5.15. The highest BCUT2D eigenvalue weighted by molar-refractivity contribution is 7.98. The monoisotopic (exact) mass is 262 g/mol. The highest BCUT2D eigenvalue weighted by Gasteiger charge is 2.14. The van der Waals surface area contributed by atoms with Crippen LogP contribution < -0.4 is 0 Å². The quantitative estimate of drug-likeness (QED) is 0.849. The maximum Gasteiger partial charge on any atom is 0.372 e. The molecule has 0 unspecified atom stereocenters. The third-order valence-electron chi connectivity index (χ3n) is 2.67. The molecule has 2 rings (SSSR count). The third kappa shape index (κ3) is 2.76. The molecule has 1 heterocycles. The summed E-state index contributed by atoms with van der Waals surface area (Å²) in [6, 6.07) is 7.97. The van der Waals surface area contributed by atoms with E-state index in [2.05, 4.69) is 25.1 Å². The van der Waals surface area contributed by atoms with Crippen molar-refractivity contribution in [3.8, 4) is 0 Å². The van der Waals surface area contributed by atoms with Gasteiger partial charge in [0, 0.05) is 16.2 Å². The van der Waals surface area contributed by atoms with Gasteiger partial charge in [-0.05, 0) is 31.5 Å². The number of carbonyl (C=O) groups is 1. The van der Waals surface area contributed by atoms with E-state index in [4.69, 9.17) is 9.52 Å². The van der Waals surface area contributed by atoms with Crippen LogP contribution in [0.3, 0.4) is 0 Å². The molecule has 0 fully saturated rings. The first kappa shape index (κ1) is 12.8. The van der Waals surface area contributed by atoms with Crippen molar-refractivity contribution in [3.63, 3.8) is 0 Å². The minimum Gasteiger partial charge on any atom is -0.475 e. The Morgan fingerprint density at radius 3 is 2.83 bits per heavy atom. The van der Waals surface area contributed by atoms with Gasteiger partial charge in [-0.3, -0.25) is 0 Å². The summed E-state index contributed by atoms with van der Waals surface area (Å²) in [7, 11) is 0. The third-order valence-corrected chi connectivity index (χ3v) is 3.87. The average Bonchev–Trinajstić information content (AvgIpc) is 2.79. The molecule has 0 saturated carbocycles. The fraction of sp³-hybridized carbons (Fsp3) is 0.214. The lowest BCUT2D eigenvalue weighted by Crippen LogP contribution is -1.97. The van der Waals surface area contributed by atoms with Gasteiger partial charge in [-0.1, -0.05) is 17.7 Å². The molecule has 0 aliphatic heterocycles. The minimum absolute atomic E-state index is 0.0350. The molecule has 0 radical (unpaired) electrons. The number of thioether (sulfide) groups is 1. The molecule has 3 nitrogen and oxygen atoms in total. The number of rotatable bonds is 4. The average molecular weight is 262 g/mol. The number of hydrogen-bond acceptors (Lipinski definition) is 3. The van der Waals surface area contributed by atoms with Gasteiger partial charge in [0.25, 0.3) is 0 Å². The van der Waals surface area contributed by atoms with E-state index >= 15 is 0 Å². The zero-order valence-electron chi connectivity index (χ0n) is 10.3. The van der Waals surface area contributed by atoms with E-state index < -0.39 is 5.97 Å². The molecule has 0 saturated heterocycles. The summed E-state index contributed by atoms with van der Waals surface area (Å²) in [4.78, 5) is 12.1. The molecule has 94 valence electrons. The summed E-state index contributed by atoms with van der Waals surface area (Å²) in [5.41, 5.74) is 3.12. The zero-order chi connectivity index (χ0) is 13.1. The maximum absolute atomic E-state index is 10.9. The van der Waals surface area contributed by atoms with Crippen molar-refractivity contribution < 1.29 is 14.3 Å². The molecule has 18 heavy (non-hydrogen) atoms. The van der Waals surface area contributed by atoms with Gasteiger partial charge in [-0.25, -0.2) is 4.79 Å². The Morgan fingerprint density at radius 1 is 1.33 bits per heavy atom. The summed E-state index contributed by atoms with van der Waals surface area (Å²) in [5, 5.41) is 8.95. The fourth-order valence-electron chi connectivity index (χ4n) is 1.66. The number of benzene rings is 1. The Hall–Kier alpha value is -1.68. The predicted molar refractivity (Wildman–Crippen MR) is 71.1 cm³/mol. The molecule has 0 atom stereocenters. The molecule has 0 aliphatic carbocycles. The van der Waals surface area contributed by atoms with E-state index in [1.807, 2.05) is 6.92 Å². The predicted octanol–water partition coefficient (Wildman–Crippen LogP) is 3.89. The van der Waals surface area contributed by atoms with Crippen molar-refractivity contribution in [2.24, 2.45) is 0 Å². The molecule has 0 spiro atoms. The largest absolute Gasteiger partial charge is 0.475 e. The lowest BCUT2D eigenvalue weighted by Gasteiger charge is -2.06. The van der Waals surface area contributed by atoms with Gasteiger partial charge >= 0.3 is 5.97 Å². The number of aryl methyl sites for hydroxylation is 2. The van der Waals surface area contributed by atoms with Gasteiger partial charge in [-0.15, -0.1) is 11.8 Å². The molecular formula is C14H14O3S. The number of carboxylic acids is 1. The Balaban J connectivity index is 2.14. The van der Waals surface area contributed by atoms with Crippen LogP contribution in [-0.4, -0.2) is 11.1 Å². The molecule has 1 aromatic heterocycles. The van der Waals surface area contributed by atoms with Gasteiger partial charge in [0.2, 0.25) is 5.76 Å². The minimum atomic E-state index is -1.02. The zero-order valence-corrected chi connectivity index (χ0v) is 11.1. The van der Waals surface area contributed by atoms with Crippen LogP contribution in [0.5, 0.6) is 0 Å². The van der Waals surface area contributed by atoms with Crippen molar-refractivity contribution in [1.29, 1.82) is 0 Å². The van der Waals surface area contributed by atoms with E-state index in [0.29, 0.717) is 11.3 Å². The van der Waals surface area contributed by atoms with E-state index in [-0.39, 0.29) is 5.76 Å². The Labute approximate surface area is 110 Å². The number of aromatic carboxylic acids is 1. The van der Waals surface area contributed by atoms with Crippen molar-refractivity contribution >= 4 is 17.7 Å². The first-order chi connectivity index (χ1) is 8.58. The fourth-order valence-corrected chi connectivity index (χ4v) is 2.76. The summed E-state index contributed by atoms with van der Waals surface area (Å²) >= 11 is 1.63. The lowest BCUT2D eigenvalue weighted by molar-refractivity contribution is 0.0661. The highest BCUT2D eigenvalue weighted by Crippen LogP contribution is 2.28. The first-order valence-electron chi connectivity index (χ1n) is 5.57. The van der Waals surface area contributed by atoms with Crippen LogP contribution in [0.2, 0.25) is 0 Å². The normalized spacial score (nSPS) is 10.6. The molecule has 0 amide bonds. The van der Waals surface area contributed by atoms with Gasteiger partial charge in [-0.2, -0.15) is 0 Å². The molecule has 4 heteroatoms. The highest BCUT2D eigenvalue weighted by atomic mass is 32.2. The van der Waals surface area contributed by atoms with E-state index in [0.717, 1.165) is 0 Å². The summed E-state index contributed by atoms with van der Waals surface area (Å²) in [6.45, 7) is 4.10. The van der Waals surface area contributed by atoms with Crippen molar-refractivity contribution in [1.82, 2.24) is 0 Å². The topological polar surface area (TPSA) is 50.4 Å². The summed E-state index contributed by atoms with van der Waals surface area (Å²) in [6.07, 6.45) is 1.42. The number of furan rings is 1. The van der Waals surface area contributed by atoms with Crippen molar-refractivity contribution in [2.75, 3.05) is 0 Å². The molecule has 2 aromatic rings. The Bertz CT molecular complexity index is 572. The molecule has 1 aromatic carbocycles. The molecule has 0 bridgehead atoms. The smallest absolute Gasteiger partial charge is 0.372 e. The second-order valence-electron chi connectivity index (χ2n) is 4.14. The van der Waals surface area contributed by atoms with Crippen LogP contribution in [-0.2, 0) is 5.75 Å². The van der Waals surface area contributed by atoms with Crippen molar-refractivity contribution in [2.45, 2.75) is 24.5 Å². The molecule has 1 N–H and O–H groups in total. The Kier molecular flexibility index (Phi) is 3.77. The van der Waals surface area contributed by atoms with Gasteiger partial charge in [0.1, 0.15) is 0 Å². The lowest BCUT2D eigenvalue weighted by atomic mass is 10.2. The van der Waals surface area contributed by atoms with Gasteiger partial charge in [0.05, 0.1) is 6.26 Å². The van der Waals surface area contributed by atoms with E-state index in [1.165, 1.54) is 22.3 Å². The second kappa shape index (κ2) is 5.31. The SMILES string of the molecule is Cc1ccc(C)c(SCc2ccoc2C(=O)O)c1. The molecular weight excluding hydrogens is 248 g/mol. The van der Waals surface area contributed by atoms with E-state index in [9.17, 15) is 4.79 Å². The summed E-state index contributed by atoms with van der Waals surface area (Å²) in [5.74, 6) is -0.382. The number of hydrogen-bond donors (Lipinski definition) is 1. The standard InChI is InChI=1S/C14H14O3S/c1-9-3-4-10(2)12(7-9)18-8-11-5-6-17-13(11)14(15)16/h3-7H,8H2,1-2H3,(H,15,16). The van der Waals surface area contributed by atoms with Crippen molar-refractivity contribution in [3.05, 3.63) is 53.0 Å². The van der Waals surface area contributed by atoms with Crippen LogP contribution in [0, 0.1) is 13.8 Å². The van der Waals surface area contributed by atoms with E-state index in [1.54, 1.807) is 17.8 Å². The van der Waals surface area contributed by atoms with Crippen LogP contribution in [0.4, 0.5) is 0 Å². The van der Waals surface area contributed by atoms with Crippen LogP contribution in [0.1, 0.15) is 27.2 Å². The van der Waals surface area contributed by atoms with Crippen LogP contribution in [0.25, 0.3) is 0 Å². The molecule has 0 aliphatic rings. The Morgan fingerprint density at radius 2 is 2.11 bits per heavy atom. The van der Waals surface area contributed by atoms with Gasteiger partial charge < -0.3 is 9.52 Å². The van der Waals surface area contributed by atoms with Crippen LogP contribution in [0.15, 0.2) is 39.8 Å².